The van der Waals surface area contributed by atoms with E-state index in [9.17, 15) is 9.18 Å². The highest BCUT2D eigenvalue weighted by atomic mass is 35.5. The van der Waals surface area contributed by atoms with Crippen molar-refractivity contribution < 1.29 is 27.8 Å². The number of pyridine rings is 1. The summed E-state index contributed by atoms with van der Waals surface area (Å²) in [5, 5.41) is 14.8. The Morgan fingerprint density at radius 2 is 1.81 bits per heavy atom. The molecule has 12 heteroatoms. The number of amides is 2. The summed E-state index contributed by atoms with van der Waals surface area (Å²) in [4.78, 5) is 20.0. The van der Waals surface area contributed by atoms with Gasteiger partial charge in [-0.15, -0.1) is 0 Å². The number of fused-ring (bicyclic) bond motifs is 3. The van der Waals surface area contributed by atoms with Gasteiger partial charge in [0.15, 0.2) is 11.6 Å². The number of aliphatic hydroxyl groups is 1. The van der Waals surface area contributed by atoms with Gasteiger partial charge in [-0.1, -0.05) is 11.6 Å². The third kappa shape index (κ3) is 5.15. The van der Waals surface area contributed by atoms with Crippen LogP contribution in [-0.4, -0.2) is 56.0 Å². The molecule has 196 valence electrons. The van der Waals surface area contributed by atoms with E-state index in [1.54, 1.807) is 6.92 Å². The van der Waals surface area contributed by atoms with Gasteiger partial charge in [0.2, 0.25) is 0 Å². The molecule has 3 N–H and O–H groups in total. The van der Waals surface area contributed by atoms with Gasteiger partial charge in [-0.25, -0.2) is 22.9 Å². The van der Waals surface area contributed by atoms with Gasteiger partial charge in [0, 0.05) is 42.5 Å². The van der Waals surface area contributed by atoms with E-state index in [0.717, 1.165) is 23.2 Å². The summed E-state index contributed by atoms with van der Waals surface area (Å²) in [5.74, 6) is -2.41. The van der Waals surface area contributed by atoms with Gasteiger partial charge in [-0.2, -0.15) is 0 Å². The second kappa shape index (κ2) is 11.2. The summed E-state index contributed by atoms with van der Waals surface area (Å²) >= 11 is 6.30. The van der Waals surface area contributed by atoms with Crippen LogP contribution in [-0.2, 0) is 0 Å². The minimum absolute atomic E-state index is 0.00524. The summed E-state index contributed by atoms with van der Waals surface area (Å²) in [6.07, 6.45) is 0.962. The summed E-state index contributed by atoms with van der Waals surface area (Å²) < 4.78 is 50.9. The van der Waals surface area contributed by atoms with Crippen LogP contribution in [0.25, 0.3) is 11.1 Å². The van der Waals surface area contributed by atoms with Gasteiger partial charge < -0.3 is 20.5 Å². The number of benzene rings is 2. The minimum Gasteiger partial charge on any atom is -0.496 e. The number of carbonyl (C=O) groups excluding carboxylic acids is 1. The molecule has 0 aliphatic carbocycles. The average Bonchev–Trinajstić information content (AvgIpc) is 2.95. The Labute approximate surface area is 216 Å². The number of ether oxygens (including phenoxy) is 1. The summed E-state index contributed by atoms with van der Waals surface area (Å²) in [7, 11) is 1.37. The van der Waals surface area contributed by atoms with Crippen LogP contribution in [0.4, 0.5) is 40.8 Å². The highest BCUT2D eigenvalue weighted by molar-refractivity contribution is 6.31. The zero-order chi connectivity index (χ0) is 26.7. The predicted molar refractivity (Wildman–Crippen MR) is 137 cm³/mol. The van der Waals surface area contributed by atoms with Crippen LogP contribution >= 0.6 is 11.6 Å². The maximum absolute atomic E-state index is 15.6. The van der Waals surface area contributed by atoms with Crippen molar-refractivity contribution in [3.05, 3.63) is 59.0 Å². The van der Waals surface area contributed by atoms with Crippen LogP contribution in [0, 0.1) is 17.5 Å². The number of aliphatic hydroxyl groups excluding tert-OH is 1. The third-order valence-corrected chi connectivity index (χ3v) is 5.98. The van der Waals surface area contributed by atoms with Crippen LogP contribution in [0.3, 0.4) is 0 Å². The Balaban J connectivity index is 1.88. The quantitative estimate of drug-likeness (QED) is 0.337. The lowest BCUT2D eigenvalue weighted by Gasteiger charge is -2.28. The van der Waals surface area contributed by atoms with Crippen molar-refractivity contribution in [1.29, 1.82) is 0 Å². The van der Waals surface area contributed by atoms with Crippen molar-refractivity contribution in [3.8, 4) is 16.9 Å². The van der Waals surface area contributed by atoms with Crippen LogP contribution < -0.4 is 25.2 Å². The molecular formula is C25H25ClF3N5O3. The number of hydrogen-bond donors (Lipinski definition) is 3. The van der Waals surface area contributed by atoms with E-state index in [1.807, 2.05) is 0 Å². The van der Waals surface area contributed by atoms with Crippen molar-refractivity contribution in [2.45, 2.75) is 6.92 Å². The second-order valence-corrected chi connectivity index (χ2v) is 8.51. The Morgan fingerprint density at radius 1 is 1.08 bits per heavy atom. The van der Waals surface area contributed by atoms with Crippen molar-refractivity contribution in [3.63, 3.8) is 0 Å². The van der Waals surface area contributed by atoms with Crippen molar-refractivity contribution in [2.75, 3.05) is 55.0 Å². The molecule has 0 fully saturated rings. The highest BCUT2D eigenvalue weighted by Gasteiger charge is 2.38. The topological polar surface area (TPSA) is 90.0 Å². The molecule has 0 unspecified atom stereocenters. The number of methoxy groups -OCH3 is 1. The van der Waals surface area contributed by atoms with E-state index in [1.165, 1.54) is 30.2 Å². The zero-order valence-electron chi connectivity index (χ0n) is 20.1. The number of anilines is 4. The maximum atomic E-state index is 15.6. The fourth-order valence-electron chi connectivity index (χ4n) is 4.20. The average molecular weight is 536 g/mol. The maximum Gasteiger partial charge on any atom is 0.334 e. The molecule has 0 saturated carbocycles. The Bertz CT molecular complexity index is 1300. The number of hydrogen-bond acceptors (Lipinski definition) is 6. The molecule has 1 aromatic heterocycles. The Hall–Kier alpha value is -3.54. The first-order valence-electron chi connectivity index (χ1n) is 11.5. The molecule has 4 rings (SSSR count). The largest absolute Gasteiger partial charge is 0.496 e. The Morgan fingerprint density at radius 3 is 2.46 bits per heavy atom. The molecule has 1 aliphatic rings. The number of aromatic nitrogens is 1. The predicted octanol–water partition coefficient (Wildman–Crippen LogP) is 4.92. The molecule has 8 nitrogen and oxygen atoms in total. The first kappa shape index (κ1) is 26.5. The van der Waals surface area contributed by atoms with Gasteiger partial charge >= 0.3 is 6.03 Å². The molecule has 0 radical (unpaired) electrons. The number of nitrogens with one attached hydrogen (secondary N) is 2. The molecule has 3 aromatic rings. The molecule has 2 heterocycles. The van der Waals surface area contributed by atoms with Gasteiger partial charge in [0.25, 0.3) is 0 Å². The van der Waals surface area contributed by atoms with E-state index in [0.29, 0.717) is 19.6 Å². The minimum atomic E-state index is -1.01. The number of carbonyl (C=O) groups is 1. The Kier molecular flexibility index (Phi) is 8.06. The second-order valence-electron chi connectivity index (χ2n) is 8.08. The third-order valence-electron chi connectivity index (χ3n) is 5.76. The van der Waals surface area contributed by atoms with Gasteiger partial charge in [0.1, 0.15) is 23.1 Å². The molecule has 37 heavy (non-hydrogen) atoms. The SMILES string of the molecule is CCN1C(=O)N(c2c(F)cc(NCCNCCO)cc2F)c2cc(Cl)cc(OC)c2-c2cc(F)cnc21. The molecule has 0 bridgehead atoms. The fourth-order valence-corrected chi connectivity index (χ4v) is 4.41. The number of halogens is 4. The van der Waals surface area contributed by atoms with E-state index >= 15 is 8.78 Å². The molecule has 0 atom stereocenters. The van der Waals surface area contributed by atoms with Crippen LogP contribution in [0.15, 0.2) is 36.5 Å². The molecule has 2 aromatic carbocycles. The van der Waals surface area contributed by atoms with Crippen molar-refractivity contribution in [1.82, 2.24) is 10.3 Å². The highest BCUT2D eigenvalue weighted by Crippen LogP contribution is 2.50. The molecular weight excluding hydrogens is 511 g/mol. The van der Waals surface area contributed by atoms with Crippen LogP contribution in [0.5, 0.6) is 5.75 Å². The van der Waals surface area contributed by atoms with Gasteiger partial charge in [-0.3, -0.25) is 9.80 Å². The standard InChI is InChI=1S/C25H25ClF3N5O3/c1-3-33-24-17(10-15(27)13-32-24)22-20(8-14(26)9-21(22)37-2)34(25(33)36)23-18(28)11-16(12-19(23)29)31-5-4-30-6-7-35/h8-13,30-31,35H,3-7H2,1-2H3. The lowest BCUT2D eigenvalue weighted by atomic mass is 10.0. The lowest BCUT2D eigenvalue weighted by Crippen LogP contribution is -2.41. The lowest BCUT2D eigenvalue weighted by molar-refractivity contribution is 0.253. The summed E-state index contributed by atoms with van der Waals surface area (Å²) in [6, 6.07) is 5.35. The van der Waals surface area contributed by atoms with E-state index < -0.39 is 29.2 Å². The number of nitrogens with zero attached hydrogens (tertiary/aromatic N) is 3. The number of urea groups is 1. The van der Waals surface area contributed by atoms with E-state index in [2.05, 4.69) is 15.6 Å². The van der Waals surface area contributed by atoms with Crippen LogP contribution in [0.1, 0.15) is 6.92 Å². The van der Waals surface area contributed by atoms with Crippen molar-refractivity contribution >= 4 is 40.5 Å². The van der Waals surface area contributed by atoms with Gasteiger partial charge in [-0.05, 0) is 37.3 Å². The van der Waals surface area contributed by atoms with E-state index in [-0.39, 0.29) is 52.2 Å². The number of rotatable bonds is 9. The monoisotopic (exact) mass is 535 g/mol. The van der Waals surface area contributed by atoms with Crippen molar-refractivity contribution in [2.24, 2.45) is 0 Å². The molecule has 0 saturated heterocycles. The van der Waals surface area contributed by atoms with Gasteiger partial charge in [0.05, 0.1) is 31.2 Å². The summed E-state index contributed by atoms with van der Waals surface area (Å²) in [6.45, 7) is 2.89. The molecule has 0 spiro atoms. The first-order chi connectivity index (χ1) is 17.8. The van der Waals surface area contributed by atoms with E-state index in [4.69, 9.17) is 21.4 Å². The first-order valence-corrected chi connectivity index (χ1v) is 11.9. The van der Waals surface area contributed by atoms with Crippen LogP contribution in [0.2, 0.25) is 5.02 Å². The normalized spacial score (nSPS) is 12.8. The zero-order valence-corrected chi connectivity index (χ0v) is 20.9. The fraction of sp³-hybridized carbons (Fsp3) is 0.280. The molecule has 2 amide bonds. The summed E-state index contributed by atoms with van der Waals surface area (Å²) in [5.41, 5.74) is -0.0585. The molecule has 1 aliphatic heterocycles. The smallest absolute Gasteiger partial charge is 0.334 e.